The number of halogens is 10. The second-order valence-electron chi connectivity index (χ2n) is 0. The summed E-state index contributed by atoms with van der Waals surface area (Å²) in [6.07, 6.45) is 0. The van der Waals surface area contributed by atoms with Crippen molar-refractivity contribution in [3.63, 3.8) is 0 Å². The van der Waals surface area contributed by atoms with Crippen LogP contribution in [0.2, 0.25) is 0 Å². The molecule has 0 bridgehead atoms. The third-order valence-electron chi connectivity index (χ3n) is 0. The third kappa shape index (κ3) is 117. The average Bonchev–Trinajstić information content (AvgIpc) is 0. The molecule has 0 radical (unpaired) electrons. The predicted octanol–water partition coefficient (Wildman–Crippen LogP) is -30.0. The summed E-state index contributed by atoms with van der Waals surface area (Å²) in [5.41, 5.74) is 0. The second kappa shape index (κ2) is 143. The molecule has 12 heavy (non-hydrogen) atoms. The van der Waals surface area contributed by atoms with Crippen LogP contribution in [0.1, 0.15) is 0 Å². The Bertz CT molecular complexity index is 17.8. The molecule has 80 valence electrons. The van der Waals surface area contributed by atoms with Gasteiger partial charge in [0, 0.05) is 0 Å². The van der Waals surface area contributed by atoms with E-state index in [1.165, 1.54) is 0 Å². The molecule has 0 rings (SSSR count). The molecule has 0 aromatic rings. The van der Waals surface area contributed by atoms with Crippen LogP contribution >= 0.6 is 0 Å². The smallest absolute Gasteiger partial charge is 1.00 e. The van der Waals surface area contributed by atoms with Crippen molar-refractivity contribution in [2.75, 3.05) is 0 Å². The van der Waals surface area contributed by atoms with Crippen LogP contribution in [0.4, 0.5) is 0 Å². The van der Waals surface area contributed by atoms with E-state index in [0.29, 0.717) is 0 Å². The standard InChI is InChI=1S/5BrH.5ClH.2V/h10*1H;;/q;;;;;;;;;;2*+5/p-10. The van der Waals surface area contributed by atoms with Crippen molar-refractivity contribution in [3.8, 4) is 0 Å². The Morgan fingerprint density at radius 1 is 0.250 bits per heavy atom. The first kappa shape index (κ1) is 173. The van der Waals surface area contributed by atoms with Crippen molar-refractivity contribution in [3.05, 3.63) is 0 Å². The SMILES string of the molecule is [Br-].[Br-].[Br-].[Br-].[Br-].[Cl-].[Cl-].[Cl-].[Cl-].[Cl-].[V+5].[V+5]. The van der Waals surface area contributed by atoms with E-state index in [9.17, 15) is 0 Å². The largest absolute Gasteiger partial charge is 5.00 e. The van der Waals surface area contributed by atoms with Crippen LogP contribution in [0, 0.1) is 0 Å². The van der Waals surface area contributed by atoms with Gasteiger partial charge in [-0.05, 0) is 0 Å². The first-order valence-corrected chi connectivity index (χ1v) is 0. The molecule has 0 saturated carbocycles. The molecule has 0 aromatic heterocycles. The first-order chi connectivity index (χ1) is 0. The average molecular weight is 679 g/mol. The molecule has 12 heteroatoms. The van der Waals surface area contributed by atoms with Crippen LogP contribution in [0.5, 0.6) is 0 Å². The van der Waals surface area contributed by atoms with Crippen LogP contribution in [0.15, 0.2) is 0 Å². The van der Waals surface area contributed by atoms with Crippen molar-refractivity contribution in [1.82, 2.24) is 0 Å². The zero-order valence-corrected chi connectivity index (χ0v) is 19.2. The summed E-state index contributed by atoms with van der Waals surface area (Å²) in [6, 6.07) is 0. The van der Waals surface area contributed by atoms with Crippen molar-refractivity contribution in [1.29, 1.82) is 0 Å². The molecule has 0 saturated heterocycles. The van der Waals surface area contributed by atoms with Gasteiger partial charge in [0.1, 0.15) is 0 Å². The van der Waals surface area contributed by atoms with Gasteiger partial charge in [0.05, 0.1) is 0 Å². The van der Waals surface area contributed by atoms with Gasteiger partial charge < -0.3 is 147 Å². The summed E-state index contributed by atoms with van der Waals surface area (Å²) in [5, 5.41) is 0. The summed E-state index contributed by atoms with van der Waals surface area (Å²) >= 11 is 0. The van der Waals surface area contributed by atoms with E-state index in [4.69, 9.17) is 0 Å². The van der Waals surface area contributed by atoms with E-state index in [1.807, 2.05) is 0 Å². The van der Waals surface area contributed by atoms with Gasteiger partial charge in [0.2, 0.25) is 0 Å². The molecular weight excluding hydrogens is 679 g/mol. The van der Waals surface area contributed by atoms with Crippen molar-refractivity contribution in [2.24, 2.45) is 0 Å². The Labute approximate surface area is 181 Å². The van der Waals surface area contributed by atoms with Gasteiger partial charge in [0.15, 0.2) is 0 Å². The first-order valence-electron chi connectivity index (χ1n) is 0. The Morgan fingerprint density at radius 2 is 0.250 bits per heavy atom. The fourth-order valence-electron chi connectivity index (χ4n) is 0. The molecule has 0 spiro atoms. The van der Waals surface area contributed by atoms with E-state index in [0.717, 1.165) is 0 Å². The Morgan fingerprint density at radius 3 is 0.250 bits per heavy atom. The zero-order valence-electron chi connectivity index (χ0n) is 4.67. The van der Waals surface area contributed by atoms with Gasteiger partial charge in [-0.3, -0.25) is 0 Å². The minimum absolute atomic E-state index is 0. The summed E-state index contributed by atoms with van der Waals surface area (Å²) in [6.45, 7) is 0. The van der Waals surface area contributed by atoms with Gasteiger partial charge in [-0.2, -0.15) is 0 Å². The van der Waals surface area contributed by atoms with Crippen LogP contribution < -0.4 is 147 Å². The Balaban J connectivity index is 0. The maximum atomic E-state index is 0. The molecule has 0 aliphatic carbocycles. The third-order valence-corrected chi connectivity index (χ3v) is 0. The van der Waals surface area contributed by atoms with Crippen molar-refractivity contribution < 1.29 is 184 Å². The molecule has 0 N–H and O–H groups in total. The van der Waals surface area contributed by atoms with Crippen LogP contribution in [0.25, 0.3) is 0 Å². The summed E-state index contributed by atoms with van der Waals surface area (Å²) in [7, 11) is 0. The molecule has 0 amide bonds. The minimum atomic E-state index is 0. The van der Waals surface area contributed by atoms with Gasteiger partial charge in [-0.1, -0.05) is 0 Å². The molecule has 0 aliphatic rings. The molecule has 0 nitrogen and oxygen atoms in total. The fraction of sp³-hybridized carbons (Fsp3) is 0. The van der Waals surface area contributed by atoms with Crippen LogP contribution in [0.3, 0.4) is 0 Å². The van der Waals surface area contributed by atoms with E-state index in [1.54, 1.807) is 0 Å². The Hall–Kier alpha value is 5.02. The normalized spacial score (nSPS) is 0. The topological polar surface area (TPSA) is 0 Å². The minimum Gasteiger partial charge on any atom is -1.00 e. The zero-order chi connectivity index (χ0) is 0. The molecule has 0 unspecified atom stereocenters. The molecular formula is Br5Cl5V2. The molecule has 0 aliphatic heterocycles. The molecule has 0 aromatic carbocycles. The van der Waals surface area contributed by atoms with Crippen molar-refractivity contribution >= 4 is 0 Å². The molecule has 0 heterocycles. The van der Waals surface area contributed by atoms with Crippen LogP contribution in [-0.4, -0.2) is 0 Å². The van der Waals surface area contributed by atoms with E-state index >= 15 is 0 Å². The maximum Gasteiger partial charge on any atom is 5.00 e. The maximum absolute atomic E-state index is 0. The molecule has 0 atom stereocenters. The van der Waals surface area contributed by atoms with E-state index < -0.39 is 0 Å². The van der Waals surface area contributed by atoms with E-state index in [-0.39, 0.29) is 184 Å². The van der Waals surface area contributed by atoms with Gasteiger partial charge >= 0.3 is 37.1 Å². The monoisotopic (exact) mass is 671 g/mol. The van der Waals surface area contributed by atoms with E-state index in [2.05, 4.69) is 0 Å². The summed E-state index contributed by atoms with van der Waals surface area (Å²) < 4.78 is 0. The predicted molar refractivity (Wildman–Crippen MR) is 0 cm³/mol. The number of hydrogen-bond donors (Lipinski definition) is 0. The summed E-state index contributed by atoms with van der Waals surface area (Å²) in [4.78, 5) is 0. The fourth-order valence-corrected chi connectivity index (χ4v) is 0. The molecule has 0 fully saturated rings. The quantitative estimate of drug-likeness (QED) is 0.239. The van der Waals surface area contributed by atoms with Crippen LogP contribution in [-0.2, 0) is 37.1 Å². The number of hydrogen-bond acceptors (Lipinski definition) is 0. The van der Waals surface area contributed by atoms with Crippen molar-refractivity contribution in [2.45, 2.75) is 0 Å². The second-order valence-corrected chi connectivity index (χ2v) is 0. The Kier molecular flexibility index (Phi) is 2070. The number of rotatable bonds is 0. The van der Waals surface area contributed by atoms with Gasteiger partial charge in [-0.25, -0.2) is 0 Å². The summed E-state index contributed by atoms with van der Waals surface area (Å²) in [5.74, 6) is 0. The van der Waals surface area contributed by atoms with Gasteiger partial charge in [0.25, 0.3) is 0 Å². The van der Waals surface area contributed by atoms with Gasteiger partial charge in [-0.15, -0.1) is 0 Å².